The number of aliphatic hydroxyl groups is 1. The fourth-order valence-electron chi connectivity index (χ4n) is 2.27. The van der Waals surface area contributed by atoms with Gasteiger partial charge in [0.25, 0.3) is 0 Å². The van der Waals surface area contributed by atoms with Crippen molar-refractivity contribution in [2.45, 2.75) is 58.5 Å². The highest BCUT2D eigenvalue weighted by Crippen LogP contribution is 2.44. The highest BCUT2D eigenvalue weighted by Gasteiger charge is 2.41. The third-order valence-corrected chi connectivity index (χ3v) is 3.74. The Labute approximate surface area is 86.9 Å². The van der Waals surface area contributed by atoms with E-state index in [1.54, 1.807) is 0 Å². The molecule has 1 atom stereocenters. The van der Waals surface area contributed by atoms with Gasteiger partial charge in [-0.1, -0.05) is 26.7 Å². The van der Waals surface area contributed by atoms with Crippen LogP contribution < -0.4 is 0 Å². The Kier molecular flexibility index (Phi) is 3.21. The first kappa shape index (κ1) is 11.5. The fraction of sp³-hybridized carbons (Fsp3) is 0.917. The Morgan fingerprint density at radius 1 is 1.43 bits per heavy atom. The van der Waals surface area contributed by atoms with Crippen molar-refractivity contribution in [3.05, 3.63) is 0 Å². The first-order chi connectivity index (χ1) is 6.42. The van der Waals surface area contributed by atoms with Crippen LogP contribution >= 0.6 is 0 Å². The number of hydrogen-bond acceptors (Lipinski definition) is 2. The number of hydrogen-bond donors (Lipinski definition) is 1. The molecule has 0 bridgehead atoms. The van der Waals surface area contributed by atoms with Gasteiger partial charge in [-0.15, -0.1) is 0 Å². The van der Waals surface area contributed by atoms with Crippen LogP contribution in [0.25, 0.3) is 0 Å². The van der Waals surface area contributed by atoms with Crippen molar-refractivity contribution in [1.29, 1.82) is 5.26 Å². The lowest BCUT2D eigenvalue weighted by Gasteiger charge is -2.34. The van der Waals surface area contributed by atoms with Crippen LogP contribution in [0.4, 0.5) is 0 Å². The first-order valence-corrected chi connectivity index (χ1v) is 5.55. The SMILES string of the molecule is CC(C)C(C)(O)CC1(C#N)CCCC1. The van der Waals surface area contributed by atoms with E-state index in [1.165, 1.54) is 0 Å². The van der Waals surface area contributed by atoms with Crippen molar-refractivity contribution >= 4 is 0 Å². The molecule has 1 N–H and O–H groups in total. The van der Waals surface area contributed by atoms with Gasteiger partial charge < -0.3 is 5.11 Å². The summed E-state index contributed by atoms with van der Waals surface area (Å²) in [6.45, 7) is 5.88. The van der Waals surface area contributed by atoms with Gasteiger partial charge in [0.2, 0.25) is 0 Å². The summed E-state index contributed by atoms with van der Waals surface area (Å²) in [6, 6.07) is 2.43. The molecule has 0 heterocycles. The quantitative estimate of drug-likeness (QED) is 0.752. The van der Waals surface area contributed by atoms with Crippen LogP contribution in [0.1, 0.15) is 52.9 Å². The van der Waals surface area contributed by atoms with E-state index in [4.69, 9.17) is 0 Å². The second-order valence-corrected chi connectivity index (χ2v) is 5.29. The molecule has 0 aromatic rings. The molecule has 1 unspecified atom stereocenters. The molecule has 14 heavy (non-hydrogen) atoms. The van der Waals surface area contributed by atoms with Gasteiger partial charge in [-0.25, -0.2) is 0 Å². The molecule has 0 aliphatic heterocycles. The lowest BCUT2D eigenvalue weighted by molar-refractivity contribution is -0.0200. The van der Waals surface area contributed by atoms with E-state index in [9.17, 15) is 10.4 Å². The second-order valence-electron chi connectivity index (χ2n) is 5.29. The molecule has 1 fully saturated rings. The van der Waals surface area contributed by atoms with Gasteiger partial charge in [0.1, 0.15) is 0 Å². The molecule has 80 valence electrons. The molecule has 0 saturated heterocycles. The molecule has 0 spiro atoms. The predicted octanol–water partition coefficient (Wildman–Crippen LogP) is 2.87. The average Bonchev–Trinajstić information content (AvgIpc) is 2.53. The van der Waals surface area contributed by atoms with Crippen molar-refractivity contribution in [1.82, 2.24) is 0 Å². The summed E-state index contributed by atoms with van der Waals surface area (Å²) in [7, 11) is 0. The number of nitrogens with zero attached hydrogens (tertiary/aromatic N) is 1. The van der Waals surface area contributed by atoms with E-state index in [-0.39, 0.29) is 11.3 Å². The molecule has 0 amide bonds. The van der Waals surface area contributed by atoms with Gasteiger partial charge >= 0.3 is 0 Å². The molecular weight excluding hydrogens is 174 g/mol. The third kappa shape index (κ3) is 2.27. The maximum Gasteiger partial charge on any atom is 0.0690 e. The summed E-state index contributed by atoms with van der Waals surface area (Å²) in [4.78, 5) is 0. The van der Waals surface area contributed by atoms with E-state index in [2.05, 4.69) is 6.07 Å². The number of rotatable bonds is 3. The van der Waals surface area contributed by atoms with Gasteiger partial charge in [0, 0.05) is 0 Å². The highest BCUT2D eigenvalue weighted by molar-refractivity contribution is 5.05. The molecule has 1 aliphatic rings. The molecule has 1 aliphatic carbocycles. The summed E-state index contributed by atoms with van der Waals surface area (Å²) < 4.78 is 0. The van der Waals surface area contributed by atoms with E-state index in [1.807, 2.05) is 20.8 Å². The summed E-state index contributed by atoms with van der Waals surface area (Å²) >= 11 is 0. The van der Waals surface area contributed by atoms with Crippen LogP contribution in [-0.2, 0) is 0 Å². The van der Waals surface area contributed by atoms with Crippen molar-refractivity contribution in [3.8, 4) is 6.07 Å². The predicted molar refractivity (Wildman–Crippen MR) is 56.6 cm³/mol. The minimum atomic E-state index is -0.694. The maximum atomic E-state index is 10.2. The van der Waals surface area contributed by atoms with Crippen molar-refractivity contribution in [2.75, 3.05) is 0 Å². The lowest BCUT2D eigenvalue weighted by atomic mass is 9.74. The van der Waals surface area contributed by atoms with Crippen LogP contribution in [0, 0.1) is 22.7 Å². The zero-order valence-electron chi connectivity index (χ0n) is 9.51. The third-order valence-electron chi connectivity index (χ3n) is 3.74. The molecule has 2 nitrogen and oxygen atoms in total. The van der Waals surface area contributed by atoms with Gasteiger partial charge in [-0.3, -0.25) is 0 Å². The number of nitriles is 1. The Morgan fingerprint density at radius 2 is 1.93 bits per heavy atom. The fourth-order valence-corrected chi connectivity index (χ4v) is 2.27. The minimum absolute atomic E-state index is 0.216. The molecule has 1 saturated carbocycles. The van der Waals surface area contributed by atoms with Crippen LogP contribution in [0.15, 0.2) is 0 Å². The lowest BCUT2D eigenvalue weighted by Crippen LogP contribution is -2.37. The normalized spacial score (nSPS) is 24.6. The van der Waals surface area contributed by atoms with Crippen molar-refractivity contribution < 1.29 is 5.11 Å². The molecule has 0 aromatic carbocycles. The van der Waals surface area contributed by atoms with Crippen LogP contribution in [0.2, 0.25) is 0 Å². The second kappa shape index (κ2) is 3.90. The van der Waals surface area contributed by atoms with Crippen LogP contribution in [0.3, 0.4) is 0 Å². The Morgan fingerprint density at radius 3 is 2.29 bits per heavy atom. The Balaban J connectivity index is 2.70. The van der Waals surface area contributed by atoms with E-state index < -0.39 is 5.60 Å². The first-order valence-electron chi connectivity index (χ1n) is 5.55. The largest absolute Gasteiger partial charge is 0.390 e. The van der Waals surface area contributed by atoms with Gasteiger partial charge in [0.15, 0.2) is 0 Å². The van der Waals surface area contributed by atoms with Crippen LogP contribution in [-0.4, -0.2) is 10.7 Å². The topological polar surface area (TPSA) is 44.0 Å². The van der Waals surface area contributed by atoms with E-state index in [0.29, 0.717) is 6.42 Å². The summed E-state index contributed by atoms with van der Waals surface area (Å²) in [5.74, 6) is 0.216. The van der Waals surface area contributed by atoms with Gasteiger partial charge in [-0.2, -0.15) is 5.26 Å². The maximum absolute atomic E-state index is 10.2. The zero-order valence-corrected chi connectivity index (χ0v) is 9.51. The molecular formula is C12H21NO. The minimum Gasteiger partial charge on any atom is -0.390 e. The molecule has 2 heteroatoms. The standard InChI is InChI=1S/C12H21NO/c1-10(2)11(3,14)8-12(9-13)6-4-5-7-12/h10,14H,4-8H2,1-3H3. The monoisotopic (exact) mass is 195 g/mol. The van der Waals surface area contributed by atoms with Crippen LogP contribution in [0.5, 0.6) is 0 Å². The average molecular weight is 195 g/mol. The van der Waals surface area contributed by atoms with E-state index in [0.717, 1.165) is 25.7 Å². The molecule has 0 radical (unpaired) electrons. The molecule has 0 aromatic heterocycles. The van der Waals surface area contributed by atoms with Gasteiger partial charge in [-0.05, 0) is 32.1 Å². The molecule has 1 rings (SSSR count). The highest BCUT2D eigenvalue weighted by atomic mass is 16.3. The van der Waals surface area contributed by atoms with Crippen molar-refractivity contribution in [3.63, 3.8) is 0 Å². The zero-order chi connectivity index (χ0) is 10.8. The smallest absolute Gasteiger partial charge is 0.0690 e. The Hall–Kier alpha value is -0.550. The van der Waals surface area contributed by atoms with E-state index >= 15 is 0 Å². The summed E-state index contributed by atoms with van der Waals surface area (Å²) in [5, 5.41) is 19.4. The Bertz CT molecular complexity index is 231. The summed E-state index contributed by atoms with van der Waals surface area (Å²) in [6.07, 6.45) is 4.84. The van der Waals surface area contributed by atoms with Crippen molar-refractivity contribution in [2.24, 2.45) is 11.3 Å². The summed E-state index contributed by atoms with van der Waals surface area (Å²) in [5.41, 5.74) is -0.937. The van der Waals surface area contributed by atoms with Gasteiger partial charge in [0.05, 0.1) is 17.1 Å².